The van der Waals surface area contributed by atoms with Crippen LogP contribution in [0.4, 0.5) is 4.39 Å². The molecule has 1 amide bonds. The van der Waals surface area contributed by atoms with Crippen LogP contribution >= 0.6 is 11.8 Å². The molecule has 0 unspecified atom stereocenters. The molecule has 0 atom stereocenters. The summed E-state index contributed by atoms with van der Waals surface area (Å²) in [5.41, 5.74) is 0.794. The third kappa shape index (κ3) is 6.06. The first-order chi connectivity index (χ1) is 13.1. The summed E-state index contributed by atoms with van der Waals surface area (Å²) in [7, 11) is 0. The number of thioether (sulfide) groups is 1. The van der Waals surface area contributed by atoms with Gasteiger partial charge in [-0.05, 0) is 37.0 Å². The molecule has 1 aliphatic rings. The monoisotopic (exact) mass is 390 g/mol. The minimum Gasteiger partial charge on any atom is -0.338 e. The van der Waals surface area contributed by atoms with Crippen molar-refractivity contribution in [1.29, 1.82) is 0 Å². The number of hydrogen-bond acceptors (Lipinski definition) is 4. The number of halogens is 1. The average molecular weight is 391 g/mol. The average Bonchev–Trinajstić information content (AvgIpc) is 3.34. The molecular formula is C20H27FN4OS. The van der Waals surface area contributed by atoms with Gasteiger partial charge in [-0.1, -0.05) is 49.6 Å². The van der Waals surface area contributed by atoms with Gasteiger partial charge in [-0.25, -0.2) is 9.37 Å². The van der Waals surface area contributed by atoms with Crippen molar-refractivity contribution < 1.29 is 9.18 Å². The number of carbonyl (C=O) groups excluding carboxylic acids is 1. The normalized spacial score (nSPS) is 14.6. The summed E-state index contributed by atoms with van der Waals surface area (Å²) >= 11 is 1.35. The van der Waals surface area contributed by atoms with E-state index < -0.39 is 0 Å². The third-order valence-corrected chi connectivity index (χ3v) is 5.93. The zero-order valence-corrected chi connectivity index (χ0v) is 16.6. The van der Waals surface area contributed by atoms with Crippen molar-refractivity contribution >= 4 is 17.7 Å². The second-order valence-electron chi connectivity index (χ2n) is 7.08. The van der Waals surface area contributed by atoms with Crippen molar-refractivity contribution in [3.05, 3.63) is 41.5 Å². The van der Waals surface area contributed by atoms with Crippen LogP contribution in [-0.2, 0) is 17.8 Å². The van der Waals surface area contributed by atoms with Gasteiger partial charge in [-0.2, -0.15) is 0 Å². The van der Waals surface area contributed by atoms with Gasteiger partial charge in [-0.15, -0.1) is 5.10 Å². The lowest BCUT2D eigenvalue weighted by molar-refractivity contribution is -0.128. The number of hydrogen-bond donors (Lipinski definition) is 1. The number of rotatable bonds is 9. The van der Waals surface area contributed by atoms with E-state index in [1.54, 1.807) is 11.0 Å². The fourth-order valence-electron chi connectivity index (χ4n) is 3.54. The van der Waals surface area contributed by atoms with Crippen LogP contribution in [0.3, 0.4) is 0 Å². The Bertz CT molecular complexity index is 745. The van der Waals surface area contributed by atoms with Gasteiger partial charge in [0.2, 0.25) is 11.1 Å². The summed E-state index contributed by atoms with van der Waals surface area (Å²) < 4.78 is 13.3. The maximum atomic E-state index is 13.3. The Morgan fingerprint density at radius 3 is 2.93 bits per heavy atom. The Balaban J connectivity index is 1.45. The lowest BCUT2D eigenvalue weighted by Gasteiger charge is -2.20. The molecule has 0 bridgehead atoms. The molecule has 1 saturated carbocycles. The number of carbonyl (C=O) groups is 1. The van der Waals surface area contributed by atoms with Crippen molar-refractivity contribution in [3.63, 3.8) is 0 Å². The van der Waals surface area contributed by atoms with Gasteiger partial charge in [0, 0.05) is 19.5 Å². The number of nitrogens with one attached hydrogen (secondary N) is 1. The highest BCUT2D eigenvalue weighted by atomic mass is 32.2. The maximum Gasteiger partial charge on any atom is 0.233 e. The molecule has 1 aromatic carbocycles. The maximum absolute atomic E-state index is 13.3. The molecule has 7 heteroatoms. The van der Waals surface area contributed by atoms with Gasteiger partial charge in [0.25, 0.3) is 0 Å². The van der Waals surface area contributed by atoms with Gasteiger partial charge < -0.3 is 4.90 Å². The van der Waals surface area contributed by atoms with Crippen LogP contribution in [0.15, 0.2) is 29.4 Å². The van der Waals surface area contributed by atoms with Crippen molar-refractivity contribution in [2.45, 2.75) is 57.1 Å². The highest BCUT2D eigenvalue weighted by Crippen LogP contribution is 2.28. The Kier molecular flexibility index (Phi) is 7.26. The number of aromatic nitrogens is 3. The molecule has 0 radical (unpaired) electrons. The largest absolute Gasteiger partial charge is 0.338 e. The van der Waals surface area contributed by atoms with E-state index in [4.69, 9.17) is 0 Å². The molecule has 1 N–H and O–H groups in total. The summed E-state index contributed by atoms with van der Waals surface area (Å²) in [6.07, 6.45) is 7.47. The number of benzene rings is 1. The lowest BCUT2D eigenvalue weighted by atomic mass is 10.0. The summed E-state index contributed by atoms with van der Waals surface area (Å²) in [6, 6.07) is 6.37. The standard InChI is InChI=1S/C20H27FN4OS/c1-2-25(13-16-8-5-9-17(21)12-16)19(26)14-27-20-22-18(23-24-20)11-10-15-6-3-4-7-15/h5,8-9,12,15H,2-4,6-7,10-11,13-14H2,1H3,(H,22,23,24). The van der Waals surface area contributed by atoms with E-state index in [9.17, 15) is 9.18 Å². The van der Waals surface area contributed by atoms with Crippen LogP contribution in [-0.4, -0.2) is 38.3 Å². The predicted molar refractivity (Wildman–Crippen MR) is 105 cm³/mol. The second kappa shape index (κ2) is 9.88. The molecule has 1 fully saturated rings. The molecule has 1 aromatic heterocycles. The molecular weight excluding hydrogens is 363 g/mol. The third-order valence-electron chi connectivity index (χ3n) is 5.10. The molecule has 1 heterocycles. The van der Waals surface area contributed by atoms with E-state index in [1.165, 1.54) is 49.6 Å². The van der Waals surface area contributed by atoms with E-state index in [0.717, 1.165) is 30.1 Å². The topological polar surface area (TPSA) is 61.9 Å². The van der Waals surface area contributed by atoms with E-state index in [-0.39, 0.29) is 17.5 Å². The number of amides is 1. The fourth-order valence-corrected chi connectivity index (χ4v) is 4.26. The Morgan fingerprint density at radius 2 is 2.19 bits per heavy atom. The van der Waals surface area contributed by atoms with Crippen molar-refractivity contribution in [2.24, 2.45) is 5.92 Å². The Hall–Kier alpha value is -1.89. The first-order valence-corrected chi connectivity index (χ1v) is 10.7. The Labute approximate surface area is 164 Å². The first-order valence-electron chi connectivity index (χ1n) is 9.70. The first kappa shape index (κ1) is 19.9. The zero-order chi connectivity index (χ0) is 19.1. The van der Waals surface area contributed by atoms with Gasteiger partial charge in [0.05, 0.1) is 5.75 Å². The molecule has 146 valence electrons. The highest BCUT2D eigenvalue weighted by Gasteiger charge is 2.17. The molecule has 27 heavy (non-hydrogen) atoms. The smallest absolute Gasteiger partial charge is 0.233 e. The molecule has 0 spiro atoms. The van der Waals surface area contributed by atoms with Crippen LogP contribution < -0.4 is 0 Å². The number of H-pyrrole nitrogens is 1. The number of aromatic amines is 1. The van der Waals surface area contributed by atoms with Gasteiger partial charge >= 0.3 is 0 Å². The Morgan fingerprint density at radius 1 is 1.37 bits per heavy atom. The number of nitrogens with zero attached hydrogens (tertiary/aromatic N) is 3. The highest BCUT2D eigenvalue weighted by molar-refractivity contribution is 7.99. The van der Waals surface area contributed by atoms with Crippen molar-refractivity contribution in [2.75, 3.05) is 12.3 Å². The lowest BCUT2D eigenvalue weighted by Crippen LogP contribution is -2.31. The van der Waals surface area contributed by atoms with Gasteiger partial charge in [0.15, 0.2) is 0 Å². The summed E-state index contributed by atoms with van der Waals surface area (Å²) in [5.74, 6) is 1.74. The minimum absolute atomic E-state index is 0.00377. The summed E-state index contributed by atoms with van der Waals surface area (Å²) in [5, 5.41) is 7.83. The van der Waals surface area contributed by atoms with E-state index in [0.29, 0.717) is 18.2 Å². The molecule has 3 rings (SSSR count). The fraction of sp³-hybridized carbons (Fsp3) is 0.550. The van der Waals surface area contributed by atoms with Crippen LogP contribution in [0.2, 0.25) is 0 Å². The van der Waals surface area contributed by atoms with Crippen molar-refractivity contribution in [1.82, 2.24) is 20.1 Å². The number of aryl methyl sites for hydroxylation is 1. The predicted octanol–water partition coefficient (Wildman–Crippen LogP) is 4.21. The van der Waals surface area contributed by atoms with Crippen LogP contribution in [0.1, 0.15) is 50.4 Å². The van der Waals surface area contributed by atoms with Gasteiger partial charge in [0.1, 0.15) is 11.6 Å². The molecule has 0 saturated heterocycles. The molecule has 2 aromatic rings. The molecule has 1 aliphatic carbocycles. The van der Waals surface area contributed by atoms with E-state index >= 15 is 0 Å². The summed E-state index contributed by atoms with van der Waals surface area (Å²) in [4.78, 5) is 18.7. The quantitative estimate of drug-likeness (QED) is 0.652. The van der Waals surface area contributed by atoms with Crippen LogP contribution in [0, 0.1) is 11.7 Å². The zero-order valence-electron chi connectivity index (χ0n) is 15.8. The molecule has 0 aliphatic heterocycles. The van der Waals surface area contributed by atoms with E-state index in [2.05, 4.69) is 15.2 Å². The van der Waals surface area contributed by atoms with E-state index in [1.807, 2.05) is 13.0 Å². The second-order valence-corrected chi connectivity index (χ2v) is 8.02. The van der Waals surface area contributed by atoms with Crippen LogP contribution in [0.5, 0.6) is 0 Å². The minimum atomic E-state index is -0.281. The SMILES string of the molecule is CCN(Cc1cccc(F)c1)C(=O)CSc1n[nH]c(CCC2CCCC2)n1. The van der Waals surface area contributed by atoms with Gasteiger partial charge in [-0.3, -0.25) is 9.89 Å². The van der Waals surface area contributed by atoms with Crippen LogP contribution in [0.25, 0.3) is 0 Å². The summed E-state index contributed by atoms with van der Waals surface area (Å²) in [6.45, 7) is 2.92. The molecule has 5 nitrogen and oxygen atoms in total. The van der Waals surface area contributed by atoms with Crippen molar-refractivity contribution in [3.8, 4) is 0 Å².